The van der Waals surface area contributed by atoms with E-state index in [1.165, 1.54) is 0 Å². The second-order valence-electron chi connectivity index (χ2n) is 2.68. The summed E-state index contributed by atoms with van der Waals surface area (Å²) in [5.74, 6) is 0.411. The van der Waals surface area contributed by atoms with Crippen molar-refractivity contribution in [3.8, 4) is 5.75 Å². The summed E-state index contributed by atoms with van der Waals surface area (Å²) >= 11 is 3.30. The lowest BCUT2D eigenvalue weighted by molar-refractivity contribution is -0.134. The average Bonchev–Trinajstić information content (AvgIpc) is 2.04. The molecule has 0 spiro atoms. The number of rotatable bonds is 3. The first kappa shape index (κ1) is 10.3. The van der Waals surface area contributed by atoms with Crippen LogP contribution in [-0.4, -0.2) is 5.97 Å². The molecule has 1 aromatic carbocycles. The van der Waals surface area contributed by atoms with Gasteiger partial charge in [0.25, 0.3) is 0 Å². The zero-order valence-electron chi connectivity index (χ0n) is 7.42. The van der Waals surface area contributed by atoms with Crippen LogP contribution in [0.3, 0.4) is 0 Å². The van der Waals surface area contributed by atoms with E-state index in [-0.39, 0.29) is 5.97 Å². The van der Waals surface area contributed by atoms with Crippen LogP contribution in [0.1, 0.15) is 19.8 Å². The normalized spacial score (nSPS) is 9.69. The van der Waals surface area contributed by atoms with E-state index >= 15 is 0 Å². The zero-order valence-corrected chi connectivity index (χ0v) is 9.00. The summed E-state index contributed by atoms with van der Waals surface area (Å²) < 4.78 is 5.98. The summed E-state index contributed by atoms with van der Waals surface area (Å²) in [4.78, 5) is 11.1. The van der Waals surface area contributed by atoms with Crippen molar-refractivity contribution < 1.29 is 9.53 Å². The lowest BCUT2D eigenvalue weighted by Gasteiger charge is -2.02. The van der Waals surface area contributed by atoms with Crippen LogP contribution in [0.5, 0.6) is 5.75 Å². The molecule has 0 aliphatic carbocycles. The van der Waals surface area contributed by atoms with Crippen LogP contribution in [0.4, 0.5) is 0 Å². The molecule has 0 aliphatic heterocycles. The molecule has 0 fully saturated rings. The van der Waals surface area contributed by atoms with Gasteiger partial charge in [-0.05, 0) is 24.6 Å². The van der Waals surface area contributed by atoms with Crippen LogP contribution in [0.2, 0.25) is 0 Å². The van der Waals surface area contributed by atoms with Crippen molar-refractivity contribution in [1.82, 2.24) is 0 Å². The van der Waals surface area contributed by atoms with E-state index in [0.717, 1.165) is 10.9 Å². The standard InChI is InChI=1S/C10H11BrO2/c1-2-4-10(12)13-9-6-3-5-8(11)7-9/h3,5-7H,2,4H2,1H3. The second kappa shape index (κ2) is 5.02. The predicted molar refractivity (Wildman–Crippen MR) is 54.7 cm³/mol. The molecule has 1 aromatic rings. The number of carbonyl (C=O) groups is 1. The van der Waals surface area contributed by atoms with Crippen molar-refractivity contribution in [1.29, 1.82) is 0 Å². The first-order valence-corrected chi connectivity index (χ1v) is 4.98. The lowest BCUT2D eigenvalue weighted by Crippen LogP contribution is -2.06. The Labute approximate surface area is 86.0 Å². The molecule has 0 saturated carbocycles. The van der Waals surface area contributed by atoms with E-state index in [1.807, 2.05) is 19.1 Å². The highest BCUT2D eigenvalue weighted by Gasteiger charge is 2.02. The highest BCUT2D eigenvalue weighted by atomic mass is 79.9. The number of benzene rings is 1. The van der Waals surface area contributed by atoms with Crippen molar-refractivity contribution in [3.05, 3.63) is 28.7 Å². The lowest BCUT2D eigenvalue weighted by atomic mass is 10.3. The maximum Gasteiger partial charge on any atom is 0.311 e. The summed E-state index contributed by atoms with van der Waals surface area (Å²) in [5.41, 5.74) is 0. The Morgan fingerprint density at radius 3 is 2.92 bits per heavy atom. The van der Waals surface area contributed by atoms with E-state index < -0.39 is 0 Å². The molecule has 0 bridgehead atoms. The van der Waals surface area contributed by atoms with Crippen LogP contribution >= 0.6 is 15.9 Å². The Morgan fingerprint density at radius 2 is 2.31 bits per heavy atom. The van der Waals surface area contributed by atoms with Crippen LogP contribution < -0.4 is 4.74 Å². The third kappa shape index (κ3) is 3.59. The van der Waals surface area contributed by atoms with E-state index in [0.29, 0.717) is 12.2 Å². The molecule has 1 rings (SSSR count). The first-order chi connectivity index (χ1) is 6.22. The Balaban J connectivity index is 2.58. The van der Waals surface area contributed by atoms with E-state index in [2.05, 4.69) is 15.9 Å². The van der Waals surface area contributed by atoms with Crippen LogP contribution in [0.15, 0.2) is 28.7 Å². The highest BCUT2D eigenvalue weighted by Crippen LogP contribution is 2.18. The monoisotopic (exact) mass is 242 g/mol. The maximum absolute atomic E-state index is 11.1. The third-order valence-corrected chi connectivity index (χ3v) is 1.98. The second-order valence-corrected chi connectivity index (χ2v) is 3.60. The molecular formula is C10H11BrO2. The number of ether oxygens (including phenoxy) is 1. The van der Waals surface area contributed by atoms with Crippen molar-refractivity contribution in [2.45, 2.75) is 19.8 Å². The van der Waals surface area contributed by atoms with Crippen molar-refractivity contribution in [2.24, 2.45) is 0 Å². The van der Waals surface area contributed by atoms with Crippen LogP contribution in [0, 0.1) is 0 Å². The van der Waals surface area contributed by atoms with E-state index in [1.54, 1.807) is 12.1 Å². The van der Waals surface area contributed by atoms with Crippen molar-refractivity contribution in [3.63, 3.8) is 0 Å². The minimum atomic E-state index is -0.180. The number of carbonyl (C=O) groups excluding carboxylic acids is 1. The summed E-state index contributed by atoms with van der Waals surface area (Å²) in [5, 5.41) is 0. The Kier molecular flexibility index (Phi) is 3.96. The highest BCUT2D eigenvalue weighted by molar-refractivity contribution is 9.10. The van der Waals surface area contributed by atoms with Crippen LogP contribution in [0.25, 0.3) is 0 Å². The topological polar surface area (TPSA) is 26.3 Å². The molecule has 0 aromatic heterocycles. The van der Waals surface area contributed by atoms with E-state index in [9.17, 15) is 4.79 Å². The first-order valence-electron chi connectivity index (χ1n) is 4.18. The van der Waals surface area contributed by atoms with Gasteiger partial charge in [0.1, 0.15) is 5.75 Å². The average molecular weight is 243 g/mol. The van der Waals surface area contributed by atoms with Crippen molar-refractivity contribution in [2.75, 3.05) is 0 Å². The van der Waals surface area contributed by atoms with Gasteiger partial charge in [-0.15, -0.1) is 0 Å². The maximum atomic E-state index is 11.1. The van der Waals surface area contributed by atoms with Crippen LogP contribution in [-0.2, 0) is 4.79 Å². The van der Waals surface area contributed by atoms with Gasteiger partial charge in [-0.25, -0.2) is 0 Å². The minimum absolute atomic E-state index is 0.180. The van der Waals surface area contributed by atoms with Gasteiger partial charge in [0.15, 0.2) is 0 Å². The summed E-state index contributed by atoms with van der Waals surface area (Å²) in [6.07, 6.45) is 1.28. The fourth-order valence-electron chi connectivity index (χ4n) is 0.917. The van der Waals surface area contributed by atoms with Gasteiger partial charge in [-0.1, -0.05) is 28.9 Å². The molecule has 0 amide bonds. The fraction of sp³-hybridized carbons (Fsp3) is 0.300. The molecule has 0 N–H and O–H groups in total. The Bertz CT molecular complexity index is 297. The molecular weight excluding hydrogens is 232 g/mol. The molecule has 0 aliphatic rings. The molecule has 0 atom stereocenters. The smallest absolute Gasteiger partial charge is 0.311 e. The Morgan fingerprint density at radius 1 is 1.54 bits per heavy atom. The number of hydrogen-bond donors (Lipinski definition) is 0. The molecule has 0 unspecified atom stereocenters. The van der Waals surface area contributed by atoms with Gasteiger partial charge in [0, 0.05) is 10.9 Å². The number of halogens is 1. The van der Waals surface area contributed by atoms with Gasteiger partial charge in [-0.3, -0.25) is 4.79 Å². The third-order valence-electron chi connectivity index (χ3n) is 1.48. The SMILES string of the molecule is CCCC(=O)Oc1cccc(Br)c1. The molecule has 70 valence electrons. The largest absolute Gasteiger partial charge is 0.426 e. The summed E-state index contributed by atoms with van der Waals surface area (Å²) in [6.45, 7) is 1.95. The van der Waals surface area contributed by atoms with Gasteiger partial charge >= 0.3 is 5.97 Å². The molecule has 3 heteroatoms. The van der Waals surface area contributed by atoms with Gasteiger partial charge in [-0.2, -0.15) is 0 Å². The van der Waals surface area contributed by atoms with Gasteiger partial charge < -0.3 is 4.74 Å². The van der Waals surface area contributed by atoms with Gasteiger partial charge in [0.2, 0.25) is 0 Å². The van der Waals surface area contributed by atoms with Gasteiger partial charge in [0.05, 0.1) is 0 Å². The fourth-order valence-corrected chi connectivity index (χ4v) is 1.30. The predicted octanol–water partition coefficient (Wildman–Crippen LogP) is 3.15. The van der Waals surface area contributed by atoms with Crippen molar-refractivity contribution >= 4 is 21.9 Å². The molecule has 0 saturated heterocycles. The zero-order chi connectivity index (χ0) is 9.68. The summed E-state index contributed by atoms with van der Waals surface area (Å²) in [7, 11) is 0. The molecule has 2 nitrogen and oxygen atoms in total. The number of esters is 1. The number of hydrogen-bond acceptors (Lipinski definition) is 2. The molecule has 0 heterocycles. The Hall–Kier alpha value is -0.830. The molecule has 0 radical (unpaired) electrons. The molecule has 13 heavy (non-hydrogen) atoms. The minimum Gasteiger partial charge on any atom is -0.426 e. The quantitative estimate of drug-likeness (QED) is 0.602. The summed E-state index contributed by atoms with van der Waals surface area (Å²) in [6, 6.07) is 7.25. The van der Waals surface area contributed by atoms with E-state index in [4.69, 9.17) is 4.74 Å².